The zero-order chi connectivity index (χ0) is 15.8. The number of carbonyl (C=O) groups excluding carboxylic acids is 2. The molecule has 0 fully saturated rings. The van der Waals surface area contributed by atoms with Crippen molar-refractivity contribution >= 4 is 23.6 Å². The molecule has 21 heavy (non-hydrogen) atoms. The number of ether oxygens (including phenoxy) is 1. The van der Waals surface area contributed by atoms with Gasteiger partial charge in [0.25, 0.3) is 0 Å². The van der Waals surface area contributed by atoms with Crippen LogP contribution in [-0.2, 0) is 4.79 Å². The molecule has 0 spiro atoms. The number of amides is 3. The average molecular weight is 295 g/mol. The molecule has 1 rings (SSSR count). The van der Waals surface area contributed by atoms with Crippen molar-refractivity contribution in [3.8, 4) is 5.75 Å². The van der Waals surface area contributed by atoms with Crippen LogP contribution in [0.3, 0.4) is 0 Å². The third-order valence-electron chi connectivity index (χ3n) is 2.62. The Morgan fingerprint density at radius 3 is 2.57 bits per heavy atom. The summed E-state index contributed by atoms with van der Waals surface area (Å²) in [5.74, 6) is -0.957. The van der Waals surface area contributed by atoms with Crippen molar-refractivity contribution in [1.82, 2.24) is 10.6 Å². The molecule has 0 atom stereocenters. The SMILES string of the molecule is CNC(=O)CCNC(=O)Nc1cc(OC)ccc1C(=O)O. The minimum absolute atomic E-state index is 0.0581. The summed E-state index contributed by atoms with van der Waals surface area (Å²) in [6.07, 6.45) is 0.133. The van der Waals surface area contributed by atoms with Gasteiger partial charge in [-0.15, -0.1) is 0 Å². The molecule has 1 aromatic carbocycles. The number of carboxylic acids is 1. The Labute approximate surface area is 121 Å². The summed E-state index contributed by atoms with van der Waals surface area (Å²) in [5, 5.41) is 16.4. The lowest BCUT2D eigenvalue weighted by atomic mass is 10.1. The van der Waals surface area contributed by atoms with E-state index in [1.54, 1.807) is 0 Å². The Hall–Kier alpha value is -2.77. The monoisotopic (exact) mass is 295 g/mol. The number of carbonyl (C=O) groups is 3. The number of benzene rings is 1. The largest absolute Gasteiger partial charge is 0.497 e. The van der Waals surface area contributed by atoms with Crippen molar-refractivity contribution in [1.29, 1.82) is 0 Å². The van der Waals surface area contributed by atoms with Crippen molar-refractivity contribution in [2.24, 2.45) is 0 Å². The van der Waals surface area contributed by atoms with Crippen LogP contribution in [0.25, 0.3) is 0 Å². The zero-order valence-corrected chi connectivity index (χ0v) is 11.7. The molecule has 0 unspecified atom stereocenters. The average Bonchev–Trinajstić information content (AvgIpc) is 2.46. The molecule has 8 heteroatoms. The Kier molecular flexibility index (Phi) is 5.99. The van der Waals surface area contributed by atoms with E-state index in [-0.39, 0.29) is 30.1 Å². The predicted octanol–water partition coefficient (Wildman–Crippen LogP) is 0.651. The number of urea groups is 1. The minimum Gasteiger partial charge on any atom is -0.497 e. The highest BCUT2D eigenvalue weighted by molar-refractivity contribution is 6.00. The fraction of sp³-hybridized carbons (Fsp3) is 0.308. The van der Waals surface area contributed by atoms with Crippen LogP contribution in [0.1, 0.15) is 16.8 Å². The first kappa shape index (κ1) is 16.3. The van der Waals surface area contributed by atoms with Gasteiger partial charge in [-0.3, -0.25) is 4.79 Å². The number of hydrogen-bond donors (Lipinski definition) is 4. The summed E-state index contributed by atoms with van der Waals surface area (Å²) in [4.78, 5) is 33.8. The molecule has 114 valence electrons. The first-order valence-corrected chi connectivity index (χ1v) is 6.14. The number of nitrogens with one attached hydrogen (secondary N) is 3. The Balaban J connectivity index is 2.70. The molecular weight excluding hydrogens is 278 g/mol. The lowest BCUT2D eigenvalue weighted by Gasteiger charge is -2.11. The van der Waals surface area contributed by atoms with Crippen LogP contribution in [-0.4, -0.2) is 43.7 Å². The van der Waals surface area contributed by atoms with Crippen molar-refractivity contribution in [3.63, 3.8) is 0 Å². The first-order valence-electron chi connectivity index (χ1n) is 6.14. The van der Waals surface area contributed by atoms with Gasteiger partial charge in [-0.2, -0.15) is 0 Å². The van der Waals surface area contributed by atoms with E-state index in [9.17, 15) is 14.4 Å². The van der Waals surface area contributed by atoms with Gasteiger partial charge in [0.05, 0.1) is 18.4 Å². The summed E-state index contributed by atoms with van der Waals surface area (Å²) < 4.78 is 4.98. The number of hydrogen-bond acceptors (Lipinski definition) is 4. The number of anilines is 1. The standard InChI is InChI=1S/C13H17N3O5/c1-14-11(17)5-6-15-13(20)16-10-7-8(21-2)3-4-9(10)12(18)19/h3-4,7H,5-6H2,1-2H3,(H,14,17)(H,18,19)(H2,15,16,20). The van der Waals surface area contributed by atoms with Gasteiger partial charge in [0.2, 0.25) is 5.91 Å². The van der Waals surface area contributed by atoms with E-state index in [4.69, 9.17) is 9.84 Å². The molecule has 3 amide bonds. The minimum atomic E-state index is -1.17. The van der Waals surface area contributed by atoms with Gasteiger partial charge in [-0.1, -0.05) is 0 Å². The lowest BCUT2D eigenvalue weighted by molar-refractivity contribution is -0.120. The summed E-state index contributed by atoms with van der Waals surface area (Å²) in [5.41, 5.74) is 0.0524. The third kappa shape index (κ3) is 5.01. The second kappa shape index (κ2) is 7.73. The van der Waals surface area contributed by atoms with Crippen molar-refractivity contribution in [2.75, 3.05) is 26.0 Å². The Morgan fingerprint density at radius 2 is 2.00 bits per heavy atom. The molecule has 4 N–H and O–H groups in total. The van der Waals surface area contributed by atoms with E-state index >= 15 is 0 Å². The summed E-state index contributed by atoms with van der Waals surface area (Å²) in [6, 6.07) is 3.62. The molecular formula is C13H17N3O5. The molecule has 0 radical (unpaired) electrons. The molecule has 0 aliphatic heterocycles. The quantitative estimate of drug-likeness (QED) is 0.615. The van der Waals surface area contributed by atoms with Gasteiger partial charge in [-0.25, -0.2) is 9.59 Å². The van der Waals surface area contributed by atoms with E-state index in [0.717, 1.165) is 0 Å². The number of carboxylic acid groups (broad SMARTS) is 1. The number of aromatic carboxylic acids is 1. The molecule has 0 heterocycles. The molecule has 0 aromatic heterocycles. The Morgan fingerprint density at radius 1 is 1.29 bits per heavy atom. The van der Waals surface area contributed by atoms with E-state index in [0.29, 0.717) is 5.75 Å². The van der Waals surface area contributed by atoms with Crippen LogP contribution >= 0.6 is 0 Å². The topological polar surface area (TPSA) is 117 Å². The molecule has 0 aliphatic carbocycles. The fourth-order valence-electron chi connectivity index (χ4n) is 1.52. The highest BCUT2D eigenvalue weighted by Gasteiger charge is 2.13. The van der Waals surface area contributed by atoms with Gasteiger partial charge in [0.15, 0.2) is 0 Å². The van der Waals surface area contributed by atoms with Crippen LogP contribution in [0.2, 0.25) is 0 Å². The van der Waals surface area contributed by atoms with Gasteiger partial charge in [0, 0.05) is 26.1 Å². The van der Waals surface area contributed by atoms with Crippen LogP contribution in [0.4, 0.5) is 10.5 Å². The second-order valence-corrected chi connectivity index (χ2v) is 4.02. The molecule has 0 saturated carbocycles. The van der Waals surface area contributed by atoms with E-state index in [2.05, 4.69) is 16.0 Å². The maximum absolute atomic E-state index is 11.7. The van der Waals surface area contributed by atoms with Gasteiger partial charge < -0.3 is 25.8 Å². The van der Waals surface area contributed by atoms with E-state index in [1.807, 2.05) is 0 Å². The number of rotatable bonds is 6. The molecule has 0 aliphatic rings. The van der Waals surface area contributed by atoms with Crippen molar-refractivity contribution in [3.05, 3.63) is 23.8 Å². The van der Waals surface area contributed by atoms with Gasteiger partial charge in [0.1, 0.15) is 5.75 Å². The van der Waals surface area contributed by atoms with Crippen LogP contribution in [0.5, 0.6) is 5.75 Å². The smallest absolute Gasteiger partial charge is 0.337 e. The first-order chi connectivity index (χ1) is 9.97. The maximum Gasteiger partial charge on any atom is 0.337 e. The van der Waals surface area contributed by atoms with Crippen molar-refractivity contribution in [2.45, 2.75) is 6.42 Å². The molecule has 8 nitrogen and oxygen atoms in total. The van der Waals surface area contributed by atoms with Crippen LogP contribution in [0, 0.1) is 0 Å². The van der Waals surface area contributed by atoms with Gasteiger partial charge in [-0.05, 0) is 12.1 Å². The summed E-state index contributed by atoms with van der Waals surface area (Å²) in [7, 11) is 2.93. The summed E-state index contributed by atoms with van der Waals surface area (Å²) >= 11 is 0. The van der Waals surface area contributed by atoms with E-state index in [1.165, 1.54) is 32.4 Å². The maximum atomic E-state index is 11.7. The zero-order valence-electron chi connectivity index (χ0n) is 11.7. The van der Waals surface area contributed by atoms with Gasteiger partial charge >= 0.3 is 12.0 Å². The summed E-state index contributed by atoms with van der Waals surface area (Å²) in [6.45, 7) is 0.137. The molecule has 0 saturated heterocycles. The van der Waals surface area contributed by atoms with Crippen molar-refractivity contribution < 1.29 is 24.2 Å². The third-order valence-corrected chi connectivity index (χ3v) is 2.62. The second-order valence-electron chi connectivity index (χ2n) is 4.02. The highest BCUT2D eigenvalue weighted by atomic mass is 16.5. The Bertz CT molecular complexity index is 545. The fourth-order valence-corrected chi connectivity index (χ4v) is 1.52. The molecule has 1 aromatic rings. The van der Waals surface area contributed by atoms with E-state index < -0.39 is 12.0 Å². The predicted molar refractivity (Wildman–Crippen MR) is 75.7 cm³/mol. The lowest BCUT2D eigenvalue weighted by Crippen LogP contribution is -2.32. The van der Waals surface area contributed by atoms with Crippen LogP contribution < -0.4 is 20.7 Å². The highest BCUT2D eigenvalue weighted by Crippen LogP contribution is 2.22. The molecule has 0 bridgehead atoms. The normalized spacial score (nSPS) is 9.62. The van der Waals surface area contributed by atoms with Crippen LogP contribution in [0.15, 0.2) is 18.2 Å². The number of methoxy groups -OCH3 is 1.